The van der Waals surface area contributed by atoms with Crippen molar-refractivity contribution in [1.82, 2.24) is 10.6 Å². The quantitative estimate of drug-likeness (QED) is 0.639. The summed E-state index contributed by atoms with van der Waals surface area (Å²) in [5.41, 5.74) is 0. The Morgan fingerprint density at radius 1 is 1.35 bits per heavy atom. The molecule has 0 spiro atoms. The highest BCUT2D eigenvalue weighted by atomic mass is 16.4. The Morgan fingerprint density at radius 2 is 2.10 bits per heavy atom. The minimum absolute atomic E-state index is 0.118. The number of hydrogen-bond donors (Lipinski definition) is 3. The smallest absolute Gasteiger partial charge is 0.371 e. The molecule has 3 N–H and O–H groups in total. The third-order valence-corrected chi connectivity index (χ3v) is 2.91. The van der Waals surface area contributed by atoms with Gasteiger partial charge < -0.3 is 20.2 Å². The molecular weight excluding hydrogens is 260 g/mol. The fraction of sp³-hybridized carbons (Fsp3) is 0.571. The van der Waals surface area contributed by atoms with E-state index < -0.39 is 5.97 Å². The molecule has 1 heterocycles. The summed E-state index contributed by atoms with van der Waals surface area (Å²) in [5.74, 6) is -0.837. The third kappa shape index (κ3) is 5.77. The molecule has 0 radical (unpaired) electrons. The van der Waals surface area contributed by atoms with Crippen LogP contribution in [0.3, 0.4) is 0 Å². The van der Waals surface area contributed by atoms with Crippen LogP contribution in [0.15, 0.2) is 16.5 Å². The van der Waals surface area contributed by atoms with Crippen LogP contribution in [0.4, 0.5) is 4.79 Å². The van der Waals surface area contributed by atoms with Crippen LogP contribution in [0.5, 0.6) is 0 Å². The van der Waals surface area contributed by atoms with Crippen LogP contribution in [-0.2, 0) is 6.54 Å². The Labute approximate surface area is 118 Å². The van der Waals surface area contributed by atoms with E-state index in [2.05, 4.69) is 17.6 Å². The van der Waals surface area contributed by atoms with Gasteiger partial charge in [-0.1, -0.05) is 26.2 Å². The second kappa shape index (κ2) is 8.24. The van der Waals surface area contributed by atoms with Gasteiger partial charge in [0.05, 0.1) is 6.54 Å². The molecule has 0 saturated heterocycles. The molecule has 0 aliphatic rings. The lowest BCUT2D eigenvalue weighted by atomic mass is 10.1. The first kappa shape index (κ1) is 16.1. The number of aromatic carboxylic acids is 1. The van der Waals surface area contributed by atoms with Crippen molar-refractivity contribution >= 4 is 12.0 Å². The Morgan fingerprint density at radius 3 is 2.70 bits per heavy atom. The Balaban J connectivity index is 2.26. The van der Waals surface area contributed by atoms with Gasteiger partial charge in [0.25, 0.3) is 0 Å². The van der Waals surface area contributed by atoms with Gasteiger partial charge in [-0.2, -0.15) is 0 Å². The average Bonchev–Trinajstić information content (AvgIpc) is 2.85. The van der Waals surface area contributed by atoms with Crippen molar-refractivity contribution in [2.45, 2.75) is 52.1 Å². The topological polar surface area (TPSA) is 91.6 Å². The van der Waals surface area contributed by atoms with Crippen LogP contribution < -0.4 is 10.6 Å². The summed E-state index contributed by atoms with van der Waals surface area (Å²) in [4.78, 5) is 22.2. The van der Waals surface area contributed by atoms with Gasteiger partial charge in [0.2, 0.25) is 5.76 Å². The molecule has 0 fully saturated rings. The Hall–Kier alpha value is -1.98. The van der Waals surface area contributed by atoms with Crippen LogP contribution in [0.25, 0.3) is 0 Å². The third-order valence-electron chi connectivity index (χ3n) is 2.91. The Kier molecular flexibility index (Phi) is 6.63. The molecule has 6 heteroatoms. The first-order chi connectivity index (χ1) is 9.52. The second-order valence-electron chi connectivity index (χ2n) is 4.79. The molecule has 0 aliphatic heterocycles. The highest BCUT2D eigenvalue weighted by molar-refractivity contribution is 5.84. The number of carboxylic acid groups (broad SMARTS) is 1. The highest BCUT2D eigenvalue weighted by Crippen LogP contribution is 2.07. The normalized spacial score (nSPS) is 11.9. The van der Waals surface area contributed by atoms with E-state index in [1.54, 1.807) is 0 Å². The summed E-state index contributed by atoms with van der Waals surface area (Å²) in [7, 11) is 0. The van der Waals surface area contributed by atoms with Gasteiger partial charge in [-0.15, -0.1) is 0 Å². The van der Waals surface area contributed by atoms with E-state index in [1.165, 1.54) is 12.1 Å². The van der Waals surface area contributed by atoms with Gasteiger partial charge in [0, 0.05) is 6.04 Å². The van der Waals surface area contributed by atoms with E-state index in [0.717, 1.165) is 25.7 Å². The maximum absolute atomic E-state index is 11.6. The molecule has 20 heavy (non-hydrogen) atoms. The predicted octanol–water partition coefficient (Wildman–Crippen LogP) is 2.75. The largest absolute Gasteiger partial charge is 0.475 e. The fourth-order valence-corrected chi connectivity index (χ4v) is 1.80. The van der Waals surface area contributed by atoms with Crippen LogP contribution in [0.1, 0.15) is 55.8 Å². The van der Waals surface area contributed by atoms with Crippen molar-refractivity contribution in [3.63, 3.8) is 0 Å². The summed E-state index contributed by atoms with van der Waals surface area (Å²) in [6.07, 6.45) is 4.37. The van der Waals surface area contributed by atoms with Crippen LogP contribution in [0, 0.1) is 0 Å². The summed E-state index contributed by atoms with van der Waals surface area (Å²) in [6.45, 7) is 4.27. The number of furan rings is 1. The second-order valence-corrected chi connectivity index (χ2v) is 4.79. The van der Waals surface area contributed by atoms with E-state index in [4.69, 9.17) is 9.52 Å². The van der Waals surface area contributed by atoms with E-state index in [0.29, 0.717) is 5.76 Å². The van der Waals surface area contributed by atoms with Gasteiger partial charge >= 0.3 is 12.0 Å². The number of urea groups is 1. The van der Waals surface area contributed by atoms with Crippen molar-refractivity contribution in [2.75, 3.05) is 0 Å². The van der Waals surface area contributed by atoms with Gasteiger partial charge in [0.15, 0.2) is 0 Å². The Bertz CT molecular complexity index is 442. The van der Waals surface area contributed by atoms with Crippen molar-refractivity contribution in [3.8, 4) is 0 Å². The van der Waals surface area contributed by atoms with Gasteiger partial charge in [-0.25, -0.2) is 9.59 Å². The highest BCUT2D eigenvalue weighted by Gasteiger charge is 2.10. The zero-order valence-electron chi connectivity index (χ0n) is 11.9. The molecule has 0 saturated carbocycles. The molecule has 1 unspecified atom stereocenters. The minimum atomic E-state index is -1.12. The molecule has 112 valence electrons. The average molecular weight is 282 g/mol. The zero-order chi connectivity index (χ0) is 15.0. The lowest BCUT2D eigenvalue weighted by Gasteiger charge is -2.13. The molecule has 2 amide bonds. The number of carbonyl (C=O) groups is 2. The molecule has 1 rings (SSSR count). The number of carboxylic acids is 1. The molecular formula is C14H22N2O4. The minimum Gasteiger partial charge on any atom is -0.475 e. The SMILES string of the molecule is CCCCCC(C)NC(=O)NCc1ccc(C(=O)O)o1. The monoisotopic (exact) mass is 282 g/mol. The maximum Gasteiger partial charge on any atom is 0.371 e. The molecule has 6 nitrogen and oxygen atoms in total. The van der Waals surface area contributed by atoms with E-state index in [1.807, 2.05) is 6.92 Å². The maximum atomic E-state index is 11.6. The predicted molar refractivity (Wildman–Crippen MR) is 74.6 cm³/mol. The molecule has 1 aromatic rings. The van der Waals surface area contributed by atoms with Gasteiger partial charge in [-0.05, 0) is 25.5 Å². The summed E-state index contributed by atoms with van der Waals surface area (Å²) >= 11 is 0. The van der Waals surface area contributed by atoms with E-state index in [-0.39, 0.29) is 24.4 Å². The van der Waals surface area contributed by atoms with Crippen molar-refractivity contribution in [2.24, 2.45) is 0 Å². The first-order valence-electron chi connectivity index (χ1n) is 6.89. The zero-order valence-corrected chi connectivity index (χ0v) is 11.9. The van der Waals surface area contributed by atoms with Crippen molar-refractivity contribution < 1.29 is 19.1 Å². The molecule has 1 atom stereocenters. The van der Waals surface area contributed by atoms with Crippen LogP contribution in [0.2, 0.25) is 0 Å². The summed E-state index contributed by atoms with van der Waals surface area (Å²) in [6, 6.07) is 2.74. The number of rotatable bonds is 8. The number of unbranched alkanes of at least 4 members (excludes halogenated alkanes) is 2. The lowest BCUT2D eigenvalue weighted by molar-refractivity contribution is 0.0660. The molecule has 0 aliphatic carbocycles. The van der Waals surface area contributed by atoms with Crippen molar-refractivity contribution in [3.05, 3.63) is 23.7 Å². The number of amides is 2. The van der Waals surface area contributed by atoms with Crippen LogP contribution >= 0.6 is 0 Å². The number of hydrogen-bond acceptors (Lipinski definition) is 3. The van der Waals surface area contributed by atoms with Gasteiger partial charge in [-0.3, -0.25) is 0 Å². The molecule has 1 aromatic heterocycles. The van der Waals surface area contributed by atoms with Crippen molar-refractivity contribution in [1.29, 1.82) is 0 Å². The molecule has 0 aromatic carbocycles. The summed E-state index contributed by atoms with van der Waals surface area (Å²) < 4.78 is 5.04. The van der Waals surface area contributed by atoms with Crippen LogP contribution in [-0.4, -0.2) is 23.1 Å². The molecule has 0 bridgehead atoms. The van der Waals surface area contributed by atoms with E-state index in [9.17, 15) is 9.59 Å². The van der Waals surface area contributed by atoms with Gasteiger partial charge in [0.1, 0.15) is 5.76 Å². The first-order valence-corrected chi connectivity index (χ1v) is 6.89. The summed E-state index contributed by atoms with van der Waals surface area (Å²) in [5, 5.41) is 14.2. The van der Waals surface area contributed by atoms with E-state index >= 15 is 0 Å². The lowest BCUT2D eigenvalue weighted by Crippen LogP contribution is -2.40. The number of nitrogens with one attached hydrogen (secondary N) is 2. The number of carbonyl (C=O) groups excluding carboxylic acids is 1. The standard InChI is InChI=1S/C14H22N2O4/c1-3-4-5-6-10(2)16-14(19)15-9-11-7-8-12(20-11)13(17)18/h7-8,10H,3-6,9H2,1-2H3,(H,17,18)(H2,15,16,19). The fourth-order valence-electron chi connectivity index (χ4n) is 1.80.